The van der Waals surface area contributed by atoms with Crippen LogP contribution in [0.25, 0.3) is 0 Å². The van der Waals surface area contributed by atoms with Crippen molar-refractivity contribution in [3.05, 3.63) is 11.9 Å². The van der Waals surface area contributed by atoms with Gasteiger partial charge in [-0.1, -0.05) is 5.21 Å². The van der Waals surface area contributed by atoms with Gasteiger partial charge in [0.05, 0.1) is 24.3 Å². The van der Waals surface area contributed by atoms with Gasteiger partial charge in [-0.15, -0.1) is 5.10 Å². The lowest BCUT2D eigenvalue weighted by atomic mass is 10.0. The second-order valence-corrected chi connectivity index (χ2v) is 5.42. The summed E-state index contributed by atoms with van der Waals surface area (Å²) in [5, 5.41) is 24.1. The molecule has 0 aromatic carbocycles. The van der Waals surface area contributed by atoms with E-state index in [1.54, 1.807) is 4.68 Å². The molecule has 0 spiro atoms. The largest absolute Gasteiger partial charge is 0.481 e. The normalized spacial score (nSPS) is 11.6. The highest BCUT2D eigenvalue weighted by molar-refractivity contribution is 5.85. The van der Waals surface area contributed by atoms with Crippen molar-refractivity contribution in [2.45, 2.75) is 45.6 Å². The number of carboxylic acid groups (broad SMARTS) is 1. The molecule has 0 saturated carbocycles. The Morgan fingerprint density at radius 1 is 1.50 bits per heavy atom. The van der Waals surface area contributed by atoms with Crippen molar-refractivity contribution in [1.29, 1.82) is 5.41 Å². The molecule has 0 aliphatic carbocycles. The Kier molecular flexibility index (Phi) is 5.82. The predicted molar refractivity (Wildman–Crippen MR) is 74.1 cm³/mol. The molecule has 7 heteroatoms. The Balaban J connectivity index is 2.26. The van der Waals surface area contributed by atoms with E-state index in [-0.39, 0.29) is 25.0 Å². The fourth-order valence-corrected chi connectivity index (χ4v) is 1.60. The average Bonchev–Trinajstić information content (AvgIpc) is 2.79. The van der Waals surface area contributed by atoms with E-state index >= 15 is 0 Å². The van der Waals surface area contributed by atoms with E-state index in [1.165, 1.54) is 0 Å². The van der Waals surface area contributed by atoms with E-state index in [2.05, 4.69) is 10.3 Å². The quantitative estimate of drug-likeness (QED) is 0.529. The zero-order valence-corrected chi connectivity index (χ0v) is 12.2. The van der Waals surface area contributed by atoms with E-state index in [4.69, 9.17) is 15.3 Å². The van der Waals surface area contributed by atoms with Crippen LogP contribution in [-0.2, 0) is 15.1 Å². The topological polar surface area (TPSA) is 101 Å². The first-order chi connectivity index (χ1) is 9.31. The smallest absolute Gasteiger partial charge is 0.303 e. The van der Waals surface area contributed by atoms with Gasteiger partial charge in [0.2, 0.25) is 0 Å². The molecule has 0 bridgehead atoms. The molecule has 1 aromatic rings. The summed E-state index contributed by atoms with van der Waals surface area (Å²) >= 11 is 0. The van der Waals surface area contributed by atoms with Crippen molar-refractivity contribution in [1.82, 2.24) is 15.0 Å². The van der Waals surface area contributed by atoms with E-state index in [1.807, 2.05) is 27.0 Å². The molecular weight excluding hydrogens is 260 g/mol. The molecule has 0 aliphatic heterocycles. The van der Waals surface area contributed by atoms with Crippen LogP contribution in [0.1, 0.15) is 38.8 Å². The van der Waals surface area contributed by atoms with Crippen molar-refractivity contribution in [3.63, 3.8) is 0 Å². The molecule has 1 rings (SSSR count). The zero-order valence-electron chi connectivity index (χ0n) is 12.2. The van der Waals surface area contributed by atoms with Crippen LogP contribution in [-0.4, -0.2) is 45.0 Å². The standard InChI is InChI=1S/C13H22N4O3/c1-10-8-17(16-15-10)13(2,3)6-7-20-9-11(14)4-5-12(18)19/h8,14H,4-7,9H2,1-3H3,(H,18,19). The Morgan fingerprint density at radius 2 is 2.20 bits per heavy atom. The van der Waals surface area contributed by atoms with Gasteiger partial charge in [-0.2, -0.15) is 0 Å². The molecule has 1 heterocycles. The summed E-state index contributed by atoms with van der Waals surface area (Å²) in [4.78, 5) is 10.4. The Bertz CT molecular complexity index is 468. The second-order valence-electron chi connectivity index (χ2n) is 5.42. The molecule has 2 N–H and O–H groups in total. The average molecular weight is 282 g/mol. The third kappa shape index (κ3) is 5.48. The number of aromatic nitrogens is 3. The van der Waals surface area contributed by atoms with E-state index in [9.17, 15) is 4.79 Å². The lowest BCUT2D eigenvalue weighted by Crippen LogP contribution is -2.29. The SMILES string of the molecule is Cc1cn(C(C)(C)CCOCC(=N)CCC(=O)O)nn1. The van der Waals surface area contributed by atoms with Crippen LogP contribution >= 0.6 is 0 Å². The minimum Gasteiger partial charge on any atom is -0.481 e. The molecule has 0 saturated heterocycles. The van der Waals surface area contributed by atoms with Crippen LogP contribution in [0.15, 0.2) is 6.20 Å². The second kappa shape index (κ2) is 7.14. The molecule has 0 amide bonds. The van der Waals surface area contributed by atoms with Crippen LogP contribution < -0.4 is 0 Å². The molecule has 0 radical (unpaired) electrons. The maximum absolute atomic E-state index is 10.4. The number of hydrogen-bond acceptors (Lipinski definition) is 5. The molecule has 0 fully saturated rings. The molecule has 7 nitrogen and oxygen atoms in total. The van der Waals surface area contributed by atoms with Gasteiger partial charge in [0, 0.05) is 18.5 Å². The summed E-state index contributed by atoms with van der Waals surface area (Å²) in [5.41, 5.74) is 0.973. The van der Waals surface area contributed by atoms with Gasteiger partial charge in [0.1, 0.15) is 0 Å². The molecule has 20 heavy (non-hydrogen) atoms. The number of aliphatic carboxylic acids is 1. The first-order valence-electron chi connectivity index (χ1n) is 6.56. The third-order valence-corrected chi connectivity index (χ3v) is 3.00. The number of rotatable bonds is 9. The lowest BCUT2D eigenvalue weighted by Gasteiger charge is -2.24. The predicted octanol–water partition coefficient (Wildman–Crippen LogP) is 1.61. The number of aryl methyl sites for hydroxylation is 1. The highest BCUT2D eigenvalue weighted by atomic mass is 16.5. The molecular formula is C13H22N4O3. The summed E-state index contributed by atoms with van der Waals surface area (Å²) in [7, 11) is 0. The summed E-state index contributed by atoms with van der Waals surface area (Å²) in [6, 6.07) is 0. The van der Waals surface area contributed by atoms with Crippen LogP contribution in [0.2, 0.25) is 0 Å². The molecule has 112 valence electrons. The zero-order chi connectivity index (χ0) is 15.2. The summed E-state index contributed by atoms with van der Waals surface area (Å²) < 4.78 is 7.22. The molecule has 0 atom stereocenters. The van der Waals surface area contributed by atoms with E-state index in [0.717, 1.165) is 12.1 Å². The van der Waals surface area contributed by atoms with Crippen LogP contribution in [0.4, 0.5) is 0 Å². The first-order valence-corrected chi connectivity index (χ1v) is 6.56. The number of nitrogens with one attached hydrogen (secondary N) is 1. The maximum atomic E-state index is 10.4. The van der Waals surface area contributed by atoms with Gasteiger partial charge in [0.25, 0.3) is 0 Å². The lowest BCUT2D eigenvalue weighted by molar-refractivity contribution is -0.136. The van der Waals surface area contributed by atoms with E-state index in [0.29, 0.717) is 12.3 Å². The number of carboxylic acids is 1. The van der Waals surface area contributed by atoms with Gasteiger partial charge in [-0.25, -0.2) is 4.68 Å². The summed E-state index contributed by atoms with van der Waals surface area (Å²) in [6.45, 7) is 6.64. The first kappa shape index (κ1) is 16.3. The Hall–Kier alpha value is -1.76. The van der Waals surface area contributed by atoms with Gasteiger partial charge in [0.15, 0.2) is 0 Å². The fraction of sp³-hybridized carbons (Fsp3) is 0.692. The number of hydrogen-bond donors (Lipinski definition) is 2. The fourth-order valence-electron chi connectivity index (χ4n) is 1.60. The minimum absolute atomic E-state index is 0.0219. The van der Waals surface area contributed by atoms with Crippen molar-refractivity contribution in [3.8, 4) is 0 Å². The minimum atomic E-state index is -0.891. The molecule has 0 unspecified atom stereocenters. The van der Waals surface area contributed by atoms with Gasteiger partial charge >= 0.3 is 5.97 Å². The Morgan fingerprint density at radius 3 is 2.75 bits per heavy atom. The van der Waals surface area contributed by atoms with Gasteiger partial charge in [-0.05, 0) is 33.6 Å². The monoisotopic (exact) mass is 282 g/mol. The summed E-state index contributed by atoms with van der Waals surface area (Å²) in [5.74, 6) is -0.891. The van der Waals surface area contributed by atoms with Crippen molar-refractivity contribution < 1.29 is 14.6 Å². The molecule has 0 aliphatic rings. The highest BCUT2D eigenvalue weighted by Gasteiger charge is 2.21. The van der Waals surface area contributed by atoms with E-state index < -0.39 is 5.97 Å². The third-order valence-electron chi connectivity index (χ3n) is 3.00. The van der Waals surface area contributed by atoms with Crippen molar-refractivity contribution >= 4 is 11.7 Å². The van der Waals surface area contributed by atoms with Crippen LogP contribution in [0, 0.1) is 12.3 Å². The highest BCUT2D eigenvalue weighted by Crippen LogP contribution is 2.18. The van der Waals surface area contributed by atoms with Gasteiger partial charge < -0.3 is 15.3 Å². The number of carbonyl (C=O) groups is 1. The summed E-state index contributed by atoms with van der Waals surface area (Å²) in [6.07, 6.45) is 2.84. The molecule has 1 aromatic heterocycles. The van der Waals surface area contributed by atoms with Crippen molar-refractivity contribution in [2.24, 2.45) is 0 Å². The maximum Gasteiger partial charge on any atom is 0.303 e. The number of nitrogens with zero attached hydrogens (tertiary/aromatic N) is 3. The van der Waals surface area contributed by atoms with Crippen LogP contribution in [0.5, 0.6) is 0 Å². The Labute approximate surface area is 118 Å². The van der Waals surface area contributed by atoms with Crippen molar-refractivity contribution in [2.75, 3.05) is 13.2 Å². The number of ether oxygens (including phenoxy) is 1. The van der Waals surface area contributed by atoms with Crippen LogP contribution in [0.3, 0.4) is 0 Å². The van der Waals surface area contributed by atoms with Gasteiger partial charge in [-0.3, -0.25) is 4.79 Å².